The van der Waals surface area contributed by atoms with E-state index in [9.17, 15) is 9.59 Å². The van der Waals surface area contributed by atoms with E-state index in [1.54, 1.807) is 24.1 Å². The molecule has 2 N–H and O–H groups in total. The Bertz CT molecular complexity index is 819. The van der Waals surface area contributed by atoms with Gasteiger partial charge in [0, 0.05) is 31.9 Å². The Labute approximate surface area is 133 Å². The molecule has 0 amide bonds. The van der Waals surface area contributed by atoms with Crippen molar-refractivity contribution in [3.63, 3.8) is 0 Å². The number of ether oxygens (including phenoxy) is 1. The first-order chi connectivity index (χ1) is 11.0. The van der Waals surface area contributed by atoms with Crippen molar-refractivity contribution in [2.45, 2.75) is 38.0 Å². The molecule has 0 unspecified atom stereocenters. The molecule has 8 nitrogen and oxygen atoms in total. The SMILES string of the molecule is Cn1c(Cn2cc(O[C@@H]3CCC[C@@H]3N)cn2)cc(=O)n(C)c1=O. The van der Waals surface area contributed by atoms with Gasteiger partial charge in [-0.15, -0.1) is 0 Å². The van der Waals surface area contributed by atoms with Crippen LogP contribution >= 0.6 is 0 Å². The molecule has 0 spiro atoms. The van der Waals surface area contributed by atoms with Crippen LogP contribution in [0.1, 0.15) is 25.0 Å². The molecule has 0 bridgehead atoms. The predicted octanol–water partition coefficient (Wildman–Crippen LogP) is -0.413. The molecule has 1 fully saturated rings. The van der Waals surface area contributed by atoms with Crippen LogP contribution in [0.2, 0.25) is 0 Å². The fourth-order valence-corrected chi connectivity index (χ4v) is 2.86. The molecular weight excluding hydrogens is 298 g/mol. The monoisotopic (exact) mass is 319 g/mol. The van der Waals surface area contributed by atoms with Gasteiger partial charge in [-0.1, -0.05) is 0 Å². The van der Waals surface area contributed by atoms with E-state index in [-0.39, 0.29) is 23.4 Å². The second-order valence-electron chi connectivity index (χ2n) is 6.00. The molecule has 3 rings (SSSR count). The zero-order valence-corrected chi connectivity index (χ0v) is 13.3. The molecule has 2 heterocycles. The van der Waals surface area contributed by atoms with Crippen molar-refractivity contribution in [2.75, 3.05) is 0 Å². The first kappa shape index (κ1) is 15.5. The number of hydrogen-bond acceptors (Lipinski definition) is 5. The fourth-order valence-electron chi connectivity index (χ4n) is 2.86. The van der Waals surface area contributed by atoms with E-state index in [0.717, 1.165) is 23.8 Å². The van der Waals surface area contributed by atoms with Gasteiger partial charge in [0.15, 0.2) is 5.75 Å². The number of rotatable bonds is 4. The highest BCUT2D eigenvalue weighted by atomic mass is 16.5. The van der Waals surface area contributed by atoms with Crippen LogP contribution in [0.5, 0.6) is 5.75 Å². The smallest absolute Gasteiger partial charge is 0.330 e. The van der Waals surface area contributed by atoms with Crippen LogP contribution in [-0.2, 0) is 20.6 Å². The number of nitrogens with two attached hydrogens (primary N) is 1. The normalized spacial score (nSPS) is 20.8. The van der Waals surface area contributed by atoms with E-state index in [1.807, 2.05) is 0 Å². The topological polar surface area (TPSA) is 97.1 Å². The van der Waals surface area contributed by atoms with Crippen molar-refractivity contribution in [3.8, 4) is 5.75 Å². The van der Waals surface area contributed by atoms with Gasteiger partial charge >= 0.3 is 5.69 Å². The third-order valence-corrected chi connectivity index (χ3v) is 4.35. The van der Waals surface area contributed by atoms with Gasteiger partial charge in [-0.25, -0.2) is 4.79 Å². The maximum atomic E-state index is 11.9. The van der Waals surface area contributed by atoms with Crippen LogP contribution in [0.4, 0.5) is 0 Å². The van der Waals surface area contributed by atoms with Gasteiger partial charge in [-0.2, -0.15) is 5.10 Å². The molecule has 1 aliphatic carbocycles. The van der Waals surface area contributed by atoms with E-state index >= 15 is 0 Å². The van der Waals surface area contributed by atoms with E-state index in [0.29, 0.717) is 18.0 Å². The zero-order valence-electron chi connectivity index (χ0n) is 13.3. The van der Waals surface area contributed by atoms with E-state index < -0.39 is 0 Å². The Morgan fingerprint density at radius 2 is 2.09 bits per heavy atom. The molecule has 0 aliphatic heterocycles. The first-order valence-corrected chi connectivity index (χ1v) is 7.66. The first-order valence-electron chi connectivity index (χ1n) is 7.66. The van der Waals surface area contributed by atoms with Crippen molar-refractivity contribution >= 4 is 0 Å². The van der Waals surface area contributed by atoms with Crippen molar-refractivity contribution < 1.29 is 4.74 Å². The van der Waals surface area contributed by atoms with Crippen LogP contribution in [0.15, 0.2) is 28.0 Å². The van der Waals surface area contributed by atoms with Crippen LogP contribution in [0.3, 0.4) is 0 Å². The summed E-state index contributed by atoms with van der Waals surface area (Å²) in [5.74, 6) is 0.654. The van der Waals surface area contributed by atoms with Gasteiger partial charge in [0.2, 0.25) is 0 Å². The lowest BCUT2D eigenvalue weighted by molar-refractivity contribution is 0.191. The molecule has 0 saturated heterocycles. The lowest BCUT2D eigenvalue weighted by atomic mass is 10.2. The number of hydrogen-bond donors (Lipinski definition) is 1. The molecule has 0 aromatic carbocycles. The molecule has 8 heteroatoms. The van der Waals surface area contributed by atoms with Crippen molar-refractivity contribution in [2.24, 2.45) is 19.8 Å². The predicted molar refractivity (Wildman–Crippen MR) is 84.5 cm³/mol. The summed E-state index contributed by atoms with van der Waals surface area (Å²) in [5, 5.41) is 4.23. The minimum absolute atomic E-state index is 0.0287. The molecule has 1 saturated carbocycles. The Kier molecular flexibility index (Phi) is 4.08. The Balaban J connectivity index is 1.77. The van der Waals surface area contributed by atoms with Crippen LogP contribution < -0.4 is 21.7 Å². The summed E-state index contributed by atoms with van der Waals surface area (Å²) < 4.78 is 10.0. The molecular formula is C15H21N5O3. The Morgan fingerprint density at radius 3 is 2.78 bits per heavy atom. The van der Waals surface area contributed by atoms with E-state index in [2.05, 4.69) is 5.10 Å². The van der Waals surface area contributed by atoms with Gasteiger partial charge in [0.25, 0.3) is 5.56 Å². The van der Waals surface area contributed by atoms with Gasteiger partial charge in [0.1, 0.15) is 6.10 Å². The summed E-state index contributed by atoms with van der Waals surface area (Å²) in [7, 11) is 3.09. The number of aromatic nitrogens is 4. The Hall–Kier alpha value is -2.35. The van der Waals surface area contributed by atoms with E-state index in [1.165, 1.54) is 17.7 Å². The molecule has 1 aliphatic rings. The van der Waals surface area contributed by atoms with Gasteiger partial charge in [0.05, 0.1) is 18.9 Å². The molecule has 2 atom stereocenters. The fraction of sp³-hybridized carbons (Fsp3) is 0.533. The summed E-state index contributed by atoms with van der Waals surface area (Å²) in [5.41, 5.74) is 5.90. The molecule has 124 valence electrons. The second-order valence-corrected chi connectivity index (χ2v) is 6.00. The summed E-state index contributed by atoms with van der Waals surface area (Å²) in [6.45, 7) is 0.321. The van der Waals surface area contributed by atoms with Gasteiger partial charge in [-0.05, 0) is 19.3 Å². The highest BCUT2D eigenvalue weighted by Crippen LogP contribution is 2.23. The van der Waals surface area contributed by atoms with Crippen LogP contribution in [0, 0.1) is 0 Å². The highest BCUT2D eigenvalue weighted by molar-refractivity contribution is 5.14. The van der Waals surface area contributed by atoms with Crippen molar-refractivity contribution in [1.82, 2.24) is 18.9 Å². The van der Waals surface area contributed by atoms with Crippen molar-refractivity contribution in [1.29, 1.82) is 0 Å². The van der Waals surface area contributed by atoms with Crippen LogP contribution in [-0.4, -0.2) is 31.1 Å². The third-order valence-electron chi connectivity index (χ3n) is 4.35. The van der Waals surface area contributed by atoms with Crippen LogP contribution in [0.25, 0.3) is 0 Å². The average Bonchev–Trinajstić information content (AvgIpc) is 3.13. The summed E-state index contributed by atoms with van der Waals surface area (Å²) >= 11 is 0. The minimum Gasteiger partial charge on any atom is -0.486 e. The summed E-state index contributed by atoms with van der Waals surface area (Å²) in [6.07, 6.45) is 6.43. The summed E-state index contributed by atoms with van der Waals surface area (Å²) in [6, 6.07) is 1.51. The average molecular weight is 319 g/mol. The second kappa shape index (κ2) is 6.04. The summed E-state index contributed by atoms with van der Waals surface area (Å²) in [4.78, 5) is 23.7. The number of nitrogens with zero attached hydrogens (tertiary/aromatic N) is 4. The van der Waals surface area contributed by atoms with Gasteiger partial charge < -0.3 is 10.5 Å². The van der Waals surface area contributed by atoms with E-state index in [4.69, 9.17) is 10.5 Å². The lowest BCUT2D eigenvalue weighted by Gasteiger charge is -2.16. The zero-order chi connectivity index (χ0) is 16.6. The largest absolute Gasteiger partial charge is 0.486 e. The maximum absolute atomic E-state index is 11.9. The third kappa shape index (κ3) is 3.07. The highest BCUT2D eigenvalue weighted by Gasteiger charge is 2.25. The quantitative estimate of drug-likeness (QED) is 0.826. The maximum Gasteiger partial charge on any atom is 0.330 e. The molecule has 2 aromatic heterocycles. The molecule has 2 aromatic rings. The Morgan fingerprint density at radius 1 is 1.30 bits per heavy atom. The molecule has 0 radical (unpaired) electrons. The van der Waals surface area contributed by atoms with Gasteiger partial charge in [-0.3, -0.25) is 18.6 Å². The minimum atomic E-state index is -0.354. The molecule has 23 heavy (non-hydrogen) atoms. The van der Waals surface area contributed by atoms with Crippen molar-refractivity contribution in [3.05, 3.63) is 45.0 Å². The standard InChI is InChI=1S/C15H21N5O3/c1-18-10(6-14(21)19(2)15(18)22)8-20-9-11(7-17-20)23-13-5-3-4-12(13)16/h6-7,9,12-13H,3-5,8,16H2,1-2H3/t12-,13+/m0/s1. The lowest BCUT2D eigenvalue weighted by Crippen LogP contribution is -2.38.